The SMILES string of the molecule is CC(C)C[C@H](Nc1nccc(C(F)(F)F)n1)c1ncnn1C. The van der Waals surface area contributed by atoms with Gasteiger partial charge in [-0.15, -0.1) is 0 Å². The molecule has 0 unspecified atom stereocenters. The Labute approximate surface area is 125 Å². The number of aryl methyl sites for hydroxylation is 1. The Balaban J connectivity index is 2.26. The number of halogens is 3. The van der Waals surface area contributed by atoms with Gasteiger partial charge in [0, 0.05) is 13.2 Å². The summed E-state index contributed by atoms with van der Waals surface area (Å²) in [4.78, 5) is 11.5. The van der Waals surface area contributed by atoms with Crippen molar-refractivity contribution in [1.29, 1.82) is 0 Å². The third-order valence-corrected chi connectivity index (χ3v) is 3.01. The highest BCUT2D eigenvalue weighted by Crippen LogP contribution is 2.28. The third kappa shape index (κ3) is 3.92. The predicted molar refractivity (Wildman–Crippen MR) is 73.9 cm³/mol. The van der Waals surface area contributed by atoms with E-state index >= 15 is 0 Å². The van der Waals surface area contributed by atoms with E-state index in [1.54, 1.807) is 11.7 Å². The van der Waals surface area contributed by atoms with Crippen LogP contribution >= 0.6 is 0 Å². The van der Waals surface area contributed by atoms with E-state index in [1.807, 2.05) is 13.8 Å². The molecule has 0 aliphatic carbocycles. The van der Waals surface area contributed by atoms with Crippen molar-refractivity contribution >= 4 is 5.95 Å². The Morgan fingerprint density at radius 3 is 2.55 bits per heavy atom. The van der Waals surface area contributed by atoms with Crippen LogP contribution in [0.2, 0.25) is 0 Å². The fourth-order valence-corrected chi connectivity index (χ4v) is 2.06. The van der Waals surface area contributed by atoms with E-state index in [2.05, 4.69) is 25.4 Å². The van der Waals surface area contributed by atoms with Crippen molar-refractivity contribution in [2.45, 2.75) is 32.5 Å². The monoisotopic (exact) mass is 314 g/mol. The molecule has 0 aromatic carbocycles. The molecule has 22 heavy (non-hydrogen) atoms. The molecule has 0 saturated carbocycles. The summed E-state index contributed by atoms with van der Waals surface area (Å²) in [5.74, 6) is 0.846. The van der Waals surface area contributed by atoms with Crippen molar-refractivity contribution in [2.24, 2.45) is 13.0 Å². The molecule has 0 radical (unpaired) electrons. The molecule has 2 aromatic heterocycles. The summed E-state index contributed by atoms with van der Waals surface area (Å²) in [5, 5.41) is 6.91. The highest BCUT2D eigenvalue weighted by Gasteiger charge is 2.33. The van der Waals surface area contributed by atoms with Gasteiger partial charge in [-0.05, 0) is 18.4 Å². The number of alkyl halides is 3. The maximum absolute atomic E-state index is 12.7. The Kier molecular flexibility index (Phi) is 4.62. The molecule has 2 aromatic rings. The quantitative estimate of drug-likeness (QED) is 0.919. The summed E-state index contributed by atoms with van der Waals surface area (Å²) < 4.78 is 39.7. The third-order valence-electron chi connectivity index (χ3n) is 3.01. The lowest BCUT2D eigenvalue weighted by Crippen LogP contribution is -2.20. The van der Waals surface area contributed by atoms with Crippen LogP contribution in [0, 0.1) is 5.92 Å². The van der Waals surface area contributed by atoms with E-state index < -0.39 is 11.9 Å². The van der Waals surface area contributed by atoms with Crippen molar-refractivity contribution in [2.75, 3.05) is 5.32 Å². The number of hydrogen-bond donors (Lipinski definition) is 1. The van der Waals surface area contributed by atoms with Gasteiger partial charge in [0.15, 0.2) is 0 Å². The summed E-state index contributed by atoms with van der Waals surface area (Å²) in [6.07, 6.45) is -1.36. The first-order valence-corrected chi connectivity index (χ1v) is 6.78. The Bertz CT molecular complexity index is 622. The van der Waals surface area contributed by atoms with Gasteiger partial charge in [0.1, 0.15) is 17.8 Å². The maximum Gasteiger partial charge on any atom is 0.433 e. The van der Waals surface area contributed by atoms with Crippen LogP contribution in [-0.4, -0.2) is 24.7 Å². The molecular formula is C13H17F3N6. The topological polar surface area (TPSA) is 68.5 Å². The van der Waals surface area contributed by atoms with Crippen LogP contribution < -0.4 is 5.32 Å². The number of anilines is 1. The molecule has 0 saturated heterocycles. The van der Waals surface area contributed by atoms with Gasteiger partial charge in [-0.25, -0.2) is 15.0 Å². The minimum atomic E-state index is -4.50. The predicted octanol–water partition coefficient (Wildman–Crippen LogP) is 2.82. The van der Waals surface area contributed by atoms with Gasteiger partial charge in [0.2, 0.25) is 5.95 Å². The van der Waals surface area contributed by atoms with Gasteiger partial charge < -0.3 is 5.32 Å². The smallest absolute Gasteiger partial charge is 0.344 e. The van der Waals surface area contributed by atoms with Crippen molar-refractivity contribution in [1.82, 2.24) is 24.7 Å². The number of nitrogens with one attached hydrogen (secondary N) is 1. The van der Waals surface area contributed by atoms with Crippen LogP contribution in [0.1, 0.15) is 37.8 Å². The molecule has 0 spiro atoms. The van der Waals surface area contributed by atoms with E-state index in [9.17, 15) is 13.2 Å². The second-order valence-electron chi connectivity index (χ2n) is 5.33. The molecule has 1 N–H and O–H groups in total. The van der Waals surface area contributed by atoms with Crippen molar-refractivity contribution in [3.8, 4) is 0 Å². The Hall–Kier alpha value is -2.19. The van der Waals surface area contributed by atoms with Gasteiger partial charge in [-0.3, -0.25) is 4.68 Å². The van der Waals surface area contributed by atoms with Gasteiger partial charge in [0.05, 0.1) is 6.04 Å². The fraction of sp³-hybridized carbons (Fsp3) is 0.538. The standard InChI is InChI=1S/C13H17F3N6/c1-8(2)6-9(11-18-7-19-22(11)3)20-12-17-5-4-10(21-12)13(14,15)16/h4-5,7-9H,6H2,1-3H3,(H,17,20,21)/t9-/m0/s1. The van der Waals surface area contributed by atoms with Crippen molar-refractivity contribution < 1.29 is 13.2 Å². The fourth-order valence-electron chi connectivity index (χ4n) is 2.06. The molecule has 0 amide bonds. The molecule has 6 nitrogen and oxygen atoms in total. The second kappa shape index (κ2) is 6.29. The first-order chi connectivity index (χ1) is 10.3. The molecule has 1 atom stereocenters. The molecule has 0 bridgehead atoms. The van der Waals surface area contributed by atoms with E-state index in [0.29, 0.717) is 18.2 Å². The molecule has 0 aliphatic heterocycles. The van der Waals surface area contributed by atoms with Gasteiger partial charge in [0.25, 0.3) is 0 Å². The molecule has 0 aliphatic rings. The first kappa shape index (κ1) is 16.2. The molecule has 0 fully saturated rings. The molecule has 120 valence electrons. The number of rotatable bonds is 5. The zero-order valence-corrected chi connectivity index (χ0v) is 12.5. The van der Waals surface area contributed by atoms with Crippen LogP contribution in [0.25, 0.3) is 0 Å². The summed E-state index contributed by atoms with van der Waals surface area (Å²) in [7, 11) is 1.73. The van der Waals surface area contributed by atoms with Crippen LogP contribution in [0.15, 0.2) is 18.6 Å². The van der Waals surface area contributed by atoms with E-state index in [4.69, 9.17) is 0 Å². The van der Waals surface area contributed by atoms with Crippen LogP contribution in [0.4, 0.5) is 19.1 Å². The van der Waals surface area contributed by atoms with Gasteiger partial charge in [-0.2, -0.15) is 18.3 Å². The number of aromatic nitrogens is 5. The highest BCUT2D eigenvalue weighted by atomic mass is 19.4. The first-order valence-electron chi connectivity index (χ1n) is 6.78. The van der Waals surface area contributed by atoms with Gasteiger partial charge in [-0.1, -0.05) is 13.8 Å². The zero-order chi connectivity index (χ0) is 16.3. The van der Waals surface area contributed by atoms with Crippen LogP contribution in [-0.2, 0) is 13.2 Å². The van der Waals surface area contributed by atoms with Crippen molar-refractivity contribution in [3.63, 3.8) is 0 Å². The molecule has 2 rings (SSSR count). The van der Waals surface area contributed by atoms with E-state index in [1.165, 1.54) is 6.33 Å². The normalized spacial score (nSPS) is 13.4. The summed E-state index contributed by atoms with van der Waals surface area (Å²) in [5.41, 5.74) is -0.980. The second-order valence-corrected chi connectivity index (χ2v) is 5.33. The lowest BCUT2D eigenvalue weighted by molar-refractivity contribution is -0.141. The summed E-state index contributed by atoms with van der Waals surface area (Å²) in [6, 6.07) is 0.515. The minimum Gasteiger partial charge on any atom is -0.344 e. The zero-order valence-electron chi connectivity index (χ0n) is 12.5. The average Bonchev–Trinajstić information content (AvgIpc) is 2.83. The molecular weight excluding hydrogens is 297 g/mol. The van der Waals surface area contributed by atoms with Gasteiger partial charge >= 0.3 is 6.18 Å². The lowest BCUT2D eigenvalue weighted by atomic mass is 10.0. The maximum atomic E-state index is 12.7. The average molecular weight is 314 g/mol. The Morgan fingerprint density at radius 2 is 2.00 bits per heavy atom. The Morgan fingerprint density at radius 1 is 1.27 bits per heavy atom. The number of nitrogens with zero attached hydrogens (tertiary/aromatic N) is 5. The van der Waals surface area contributed by atoms with Crippen molar-refractivity contribution in [3.05, 3.63) is 30.1 Å². The minimum absolute atomic E-state index is 0.0801. The summed E-state index contributed by atoms with van der Waals surface area (Å²) >= 11 is 0. The lowest BCUT2D eigenvalue weighted by Gasteiger charge is -2.20. The largest absolute Gasteiger partial charge is 0.433 e. The van der Waals surface area contributed by atoms with Crippen LogP contribution in [0.3, 0.4) is 0 Å². The number of hydrogen-bond acceptors (Lipinski definition) is 5. The highest BCUT2D eigenvalue weighted by molar-refractivity contribution is 5.29. The van der Waals surface area contributed by atoms with E-state index in [-0.39, 0.29) is 12.0 Å². The van der Waals surface area contributed by atoms with Crippen LogP contribution in [0.5, 0.6) is 0 Å². The molecule has 2 heterocycles. The van der Waals surface area contributed by atoms with E-state index in [0.717, 1.165) is 12.3 Å². The molecule has 9 heteroatoms. The summed E-state index contributed by atoms with van der Waals surface area (Å²) in [6.45, 7) is 4.02.